The number of hydrogen-bond donors (Lipinski definition) is 2. The fourth-order valence-electron chi connectivity index (χ4n) is 2.54. The molecule has 0 aliphatic rings. The SMILES string of the molecule is CN(CCN=Cc1ccccc1O)CCN(C)CCN=Cc1ccccc1O. The summed E-state index contributed by atoms with van der Waals surface area (Å²) in [4.78, 5) is 13.3. The minimum Gasteiger partial charge on any atom is -0.507 e. The highest BCUT2D eigenvalue weighted by molar-refractivity contribution is 5.83. The molecule has 0 saturated carbocycles. The maximum atomic E-state index is 9.70. The highest BCUT2D eigenvalue weighted by Crippen LogP contribution is 2.13. The van der Waals surface area contributed by atoms with Crippen LogP contribution in [0.3, 0.4) is 0 Å². The van der Waals surface area contributed by atoms with Crippen molar-refractivity contribution >= 4 is 12.4 Å². The van der Waals surface area contributed by atoms with Gasteiger partial charge in [-0.15, -0.1) is 0 Å². The van der Waals surface area contributed by atoms with E-state index in [-0.39, 0.29) is 11.5 Å². The zero-order chi connectivity index (χ0) is 20.2. The number of aliphatic imine (C=N–C) groups is 2. The Morgan fingerprint density at radius 2 is 1.07 bits per heavy atom. The van der Waals surface area contributed by atoms with Gasteiger partial charge in [0.1, 0.15) is 11.5 Å². The van der Waals surface area contributed by atoms with E-state index in [0.29, 0.717) is 13.1 Å². The molecular weight excluding hydrogens is 352 g/mol. The van der Waals surface area contributed by atoms with Crippen LogP contribution in [0.4, 0.5) is 0 Å². The maximum Gasteiger partial charge on any atom is 0.124 e. The second kappa shape index (κ2) is 11.9. The molecule has 0 atom stereocenters. The molecule has 0 saturated heterocycles. The van der Waals surface area contributed by atoms with Gasteiger partial charge in [0.15, 0.2) is 0 Å². The topological polar surface area (TPSA) is 71.7 Å². The van der Waals surface area contributed by atoms with Crippen molar-refractivity contribution in [1.29, 1.82) is 0 Å². The van der Waals surface area contributed by atoms with E-state index in [0.717, 1.165) is 37.3 Å². The summed E-state index contributed by atoms with van der Waals surface area (Å²) < 4.78 is 0. The average Bonchev–Trinajstić information content (AvgIpc) is 2.69. The highest BCUT2D eigenvalue weighted by Gasteiger charge is 2.02. The Balaban J connectivity index is 1.59. The smallest absolute Gasteiger partial charge is 0.124 e. The van der Waals surface area contributed by atoms with Crippen LogP contribution >= 0.6 is 0 Å². The number of phenolic OH excluding ortho intramolecular Hbond substituents is 2. The Hall–Kier alpha value is -2.70. The standard InChI is InChI=1S/C22H30N4O2/c1-25(13-11-23-17-19-7-3-5-9-21(19)27)15-16-26(2)14-12-24-18-20-8-4-6-10-22(20)28/h3-10,17-18,27-28H,11-16H2,1-2H3. The lowest BCUT2D eigenvalue weighted by Crippen LogP contribution is -2.33. The van der Waals surface area contributed by atoms with Gasteiger partial charge in [-0.25, -0.2) is 0 Å². The van der Waals surface area contributed by atoms with Crippen molar-refractivity contribution in [2.45, 2.75) is 0 Å². The quantitative estimate of drug-likeness (QED) is 0.586. The number of likely N-dealkylation sites (N-methyl/N-ethyl adjacent to an activating group) is 2. The van der Waals surface area contributed by atoms with Gasteiger partial charge in [0.2, 0.25) is 0 Å². The zero-order valence-corrected chi connectivity index (χ0v) is 16.7. The lowest BCUT2D eigenvalue weighted by molar-refractivity contribution is 0.264. The Labute approximate surface area is 167 Å². The molecule has 150 valence electrons. The van der Waals surface area contributed by atoms with Gasteiger partial charge < -0.3 is 20.0 Å². The van der Waals surface area contributed by atoms with E-state index >= 15 is 0 Å². The van der Waals surface area contributed by atoms with Gasteiger partial charge in [-0.2, -0.15) is 0 Å². The van der Waals surface area contributed by atoms with Crippen molar-refractivity contribution in [3.05, 3.63) is 59.7 Å². The third-order valence-electron chi connectivity index (χ3n) is 4.42. The summed E-state index contributed by atoms with van der Waals surface area (Å²) in [6.45, 7) is 5.02. The van der Waals surface area contributed by atoms with E-state index in [1.807, 2.05) is 24.3 Å². The summed E-state index contributed by atoms with van der Waals surface area (Å²) >= 11 is 0. The Morgan fingerprint density at radius 1 is 0.679 bits per heavy atom. The van der Waals surface area contributed by atoms with Gasteiger partial charge in [0, 0.05) is 49.7 Å². The Bertz CT molecular complexity index is 711. The molecule has 0 radical (unpaired) electrons. The molecular formula is C22H30N4O2. The monoisotopic (exact) mass is 382 g/mol. The first-order chi connectivity index (χ1) is 13.6. The molecule has 0 bridgehead atoms. The van der Waals surface area contributed by atoms with E-state index in [1.165, 1.54) is 0 Å². The summed E-state index contributed by atoms with van der Waals surface area (Å²) in [7, 11) is 4.17. The van der Waals surface area contributed by atoms with E-state index in [4.69, 9.17) is 0 Å². The second-order valence-corrected chi connectivity index (χ2v) is 6.79. The van der Waals surface area contributed by atoms with Crippen molar-refractivity contribution < 1.29 is 10.2 Å². The van der Waals surface area contributed by atoms with E-state index < -0.39 is 0 Å². The van der Waals surface area contributed by atoms with Crippen LogP contribution in [0.15, 0.2) is 58.5 Å². The van der Waals surface area contributed by atoms with Crippen molar-refractivity contribution in [3.8, 4) is 11.5 Å². The van der Waals surface area contributed by atoms with Crippen LogP contribution in [0.1, 0.15) is 11.1 Å². The number of rotatable bonds is 11. The number of phenols is 2. The molecule has 2 aromatic carbocycles. The molecule has 0 spiro atoms. The van der Waals surface area contributed by atoms with Crippen LogP contribution in [-0.4, -0.2) is 85.8 Å². The third-order valence-corrected chi connectivity index (χ3v) is 4.42. The van der Waals surface area contributed by atoms with E-state index in [1.54, 1.807) is 36.7 Å². The summed E-state index contributed by atoms with van der Waals surface area (Å²) in [6.07, 6.45) is 3.44. The largest absolute Gasteiger partial charge is 0.507 e. The molecule has 2 aromatic rings. The van der Waals surface area contributed by atoms with Crippen LogP contribution < -0.4 is 0 Å². The molecule has 6 nitrogen and oxygen atoms in total. The second-order valence-electron chi connectivity index (χ2n) is 6.79. The Kier molecular flexibility index (Phi) is 9.18. The first-order valence-corrected chi connectivity index (χ1v) is 9.49. The molecule has 0 heterocycles. The van der Waals surface area contributed by atoms with Crippen molar-refractivity contribution in [2.24, 2.45) is 9.98 Å². The van der Waals surface area contributed by atoms with Gasteiger partial charge in [-0.1, -0.05) is 24.3 Å². The van der Waals surface area contributed by atoms with Crippen LogP contribution in [0.25, 0.3) is 0 Å². The lowest BCUT2D eigenvalue weighted by atomic mass is 10.2. The van der Waals surface area contributed by atoms with Crippen molar-refractivity contribution in [1.82, 2.24) is 9.80 Å². The normalized spacial score (nSPS) is 12.0. The summed E-state index contributed by atoms with van der Waals surface area (Å²) in [5, 5.41) is 19.4. The van der Waals surface area contributed by atoms with Crippen LogP contribution in [-0.2, 0) is 0 Å². The molecule has 6 heteroatoms. The predicted molar refractivity (Wildman–Crippen MR) is 116 cm³/mol. The number of benzene rings is 2. The van der Waals surface area contributed by atoms with Gasteiger partial charge in [0.25, 0.3) is 0 Å². The van der Waals surface area contributed by atoms with Gasteiger partial charge in [0.05, 0.1) is 13.1 Å². The molecule has 0 unspecified atom stereocenters. The van der Waals surface area contributed by atoms with Crippen LogP contribution in [0.2, 0.25) is 0 Å². The number of hydrogen-bond acceptors (Lipinski definition) is 6. The molecule has 0 aliphatic heterocycles. The average molecular weight is 383 g/mol. The Morgan fingerprint density at radius 3 is 1.46 bits per heavy atom. The number of nitrogens with zero attached hydrogens (tertiary/aromatic N) is 4. The van der Waals surface area contributed by atoms with E-state index in [9.17, 15) is 10.2 Å². The first kappa shape index (κ1) is 21.6. The summed E-state index contributed by atoms with van der Waals surface area (Å²) in [6, 6.07) is 14.4. The summed E-state index contributed by atoms with van der Waals surface area (Å²) in [5.74, 6) is 0.512. The maximum absolute atomic E-state index is 9.70. The molecule has 2 rings (SSSR count). The van der Waals surface area contributed by atoms with Crippen molar-refractivity contribution in [3.63, 3.8) is 0 Å². The van der Waals surface area contributed by atoms with Gasteiger partial charge in [-0.3, -0.25) is 9.98 Å². The first-order valence-electron chi connectivity index (χ1n) is 9.49. The zero-order valence-electron chi connectivity index (χ0n) is 16.7. The highest BCUT2D eigenvalue weighted by atomic mass is 16.3. The number of aromatic hydroxyl groups is 2. The van der Waals surface area contributed by atoms with Gasteiger partial charge in [-0.05, 0) is 38.4 Å². The predicted octanol–water partition coefficient (Wildman–Crippen LogP) is 2.50. The minimum atomic E-state index is 0.256. The fraction of sp³-hybridized carbons (Fsp3) is 0.364. The molecule has 0 aliphatic carbocycles. The lowest BCUT2D eigenvalue weighted by Gasteiger charge is -2.20. The molecule has 28 heavy (non-hydrogen) atoms. The fourth-order valence-corrected chi connectivity index (χ4v) is 2.54. The third kappa shape index (κ3) is 7.90. The molecule has 0 fully saturated rings. The van der Waals surface area contributed by atoms with E-state index in [2.05, 4.69) is 33.9 Å². The van der Waals surface area contributed by atoms with Crippen molar-refractivity contribution in [2.75, 3.05) is 53.4 Å². The summed E-state index contributed by atoms with van der Waals surface area (Å²) in [5.41, 5.74) is 1.49. The van der Waals surface area contributed by atoms with Crippen LogP contribution in [0.5, 0.6) is 11.5 Å². The van der Waals surface area contributed by atoms with Gasteiger partial charge >= 0.3 is 0 Å². The van der Waals surface area contributed by atoms with Crippen LogP contribution in [0, 0.1) is 0 Å². The molecule has 0 aromatic heterocycles. The molecule has 2 N–H and O–H groups in total. The minimum absolute atomic E-state index is 0.256. The number of para-hydroxylation sites is 2. The molecule has 0 amide bonds.